The van der Waals surface area contributed by atoms with E-state index >= 15 is 0 Å². The molecule has 0 aliphatic heterocycles. The number of hydrogen-bond donors (Lipinski definition) is 0. The van der Waals surface area contributed by atoms with Crippen molar-refractivity contribution >= 4 is 39.1 Å². The molecule has 0 fully saturated rings. The van der Waals surface area contributed by atoms with Gasteiger partial charge in [-0.15, -0.1) is 11.3 Å². The molecule has 3 aromatic rings. The number of fused-ring (bicyclic) bond motifs is 3. The van der Waals surface area contributed by atoms with Gasteiger partial charge in [0, 0.05) is 9.90 Å². The zero-order valence-electron chi connectivity index (χ0n) is 14.7. The number of aryl methyl sites for hydroxylation is 2. The monoisotopic (exact) mass is 404 g/mol. The van der Waals surface area contributed by atoms with Crippen molar-refractivity contribution in [2.45, 2.75) is 32.2 Å². The van der Waals surface area contributed by atoms with Gasteiger partial charge in [-0.25, -0.2) is 9.36 Å². The van der Waals surface area contributed by atoms with Gasteiger partial charge < -0.3 is 4.74 Å². The minimum absolute atomic E-state index is 0.244. The van der Waals surface area contributed by atoms with Crippen LogP contribution in [0.2, 0.25) is 5.02 Å². The normalized spacial score (nSPS) is 13.6. The van der Waals surface area contributed by atoms with E-state index < -0.39 is 11.7 Å². The maximum atomic E-state index is 13.3. The second-order valence-electron chi connectivity index (χ2n) is 6.46. The van der Waals surface area contributed by atoms with Gasteiger partial charge in [0.15, 0.2) is 0 Å². The van der Waals surface area contributed by atoms with Crippen LogP contribution in [0.5, 0.6) is 0 Å². The third kappa shape index (κ3) is 3.00. The summed E-state index contributed by atoms with van der Waals surface area (Å²) in [7, 11) is 1.27. The fourth-order valence-electron chi connectivity index (χ4n) is 3.54. The van der Waals surface area contributed by atoms with Crippen LogP contribution in [-0.2, 0) is 28.9 Å². The van der Waals surface area contributed by atoms with Crippen molar-refractivity contribution in [3.63, 3.8) is 0 Å². The number of ether oxygens (including phenoxy) is 1. The van der Waals surface area contributed by atoms with E-state index in [9.17, 15) is 14.4 Å². The van der Waals surface area contributed by atoms with E-state index in [4.69, 9.17) is 16.3 Å². The van der Waals surface area contributed by atoms with Gasteiger partial charge in [-0.2, -0.15) is 0 Å². The maximum absolute atomic E-state index is 13.3. The zero-order chi connectivity index (χ0) is 19.1. The van der Waals surface area contributed by atoms with Gasteiger partial charge in [0.25, 0.3) is 5.56 Å². The molecule has 4 rings (SSSR count). The van der Waals surface area contributed by atoms with Gasteiger partial charge in [0.2, 0.25) is 0 Å². The van der Waals surface area contributed by atoms with Crippen LogP contribution in [0, 0.1) is 0 Å². The van der Waals surface area contributed by atoms with E-state index in [2.05, 4.69) is 0 Å². The fraction of sp³-hybridized carbons (Fsp3) is 0.316. The van der Waals surface area contributed by atoms with Crippen LogP contribution in [0.25, 0.3) is 15.9 Å². The van der Waals surface area contributed by atoms with Crippen molar-refractivity contribution in [1.82, 2.24) is 9.13 Å². The lowest BCUT2D eigenvalue weighted by Crippen LogP contribution is -2.40. The Morgan fingerprint density at radius 3 is 2.78 bits per heavy atom. The average Bonchev–Trinajstić information content (AvgIpc) is 3.04. The molecule has 1 aliphatic rings. The molecule has 0 radical (unpaired) electrons. The first-order valence-corrected chi connectivity index (χ1v) is 9.83. The van der Waals surface area contributed by atoms with Gasteiger partial charge in [-0.1, -0.05) is 17.7 Å². The molecule has 0 bridgehead atoms. The quantitative estimate of drug-likeness (QED) is 0.629. The first-order chi connectivity index (χ1) is 13.0. The second kappa shape index (κ2) is 6.98. The molecule has 0 saturated carbocycles. The van der Waals surface area contributed by atoms with E-state index in [0.29, 0.717) is 20.9 Å². The molecule has 140 valence electrons. The lowest BCUT2D eigenvalue weighted by Gasteiger charge is -2.13. The lowest BCUT2D eigenvalue weighted by atomic mass is 9.97. The van der Waals surface area contributed by atoms with Crippen LogP contribution in [0.4, 0.5) is 0 Å². The number of halogens is 1. The SMILES string of the molecule is COC(=O)Cn1c(=O)n(-c2cccc(Cl)c2)c(=O)c2c3c(sc21)CCCC3. The molecule has 1 aliphatic carbocycles. The zero-order valence-corrected chi connectivity index (χ0v) is 16.2. The molecule has 0 atom stereocenters. The Morgan fingerprint density at radius 1 is 1.26 bits per heavy atom. The minimum Gasteiger partial charge on any atom is -0.468 e. The summed E-state index contributed by atoms with van der Waals surface area (Å²) >= 11 is 7.49. The topological polar surface area (TPSA) is 70.3 Å². The minimum atomic E-state index is -0.571. The van der Waals surface area contributed by atoms with Crippen molar-refractivity contribution in [2.75, 3.05) is 7.11 Å². The van der Waals surface area contributed by atoms with Gasteiger partial charge in [0.1, 0.15) is 11.4 Å². The molecule has 0 unspecified atom stereocenters. The summed E-state index contributed by atoms with van der Waals surface area (Å²) in [6.45, 7) is -0.244. The van der Waals surface area contributed by atoms with Gasteiger partial charge in [0.05, 0.1) is 18.2 Å². The third-order valence-electron chi connectivity index (χ3n) is 4.82. The summed E-state index contributed by atoms with van der Waals surface area (Å²) in [4.78, 5) is 40.0. The molecule has 27 heavy (non-hydrogen) atoms. The van der Waals surface area contributed by atoms with E-state index in [1.165, 1.54) is 23.0 Å². The van der Waals surface area contributed by atoms with Crippen LogP contribution in [-0.4, -0.2) is 22.2 Å². The number of carbonyl (C=O) groups excluding carboxylic acids is 1. The summed E-state index contributed by atoms with van der Waals surface area (Å²) in [5, 5.41) is 0.948. The van der Waals surface area contributed by atoms with Gasteiger partial charge in [-0.05, 0) is 49.4 Å². The van der Waals surface area contributed by atoms with Crippen molar-refractivity contribution < 1.29 is 9.53 Å². The van der Waals surface area contributed by atoms with Crippen LogP contribution < -0.4 is 11.2 Å². The Hall–Kier alpha value is -2.38. The number of carbonyl (C=O) groups is 1. The Morgan fingerprint density at radius 2 is 2.04 bits per heavy atom. The van der Waals surface area contributed by atoms with E-state index in [0.717, 1.165) is 40.7 Å². The first-order valence-electron chi connectivity index (χ1n) is 8.64. The molecule has 2 heterocycles. The number of esters is 1. The molecule has 8 heteroatoms. The average molecular weight is 405 g/mol. The van der Waals surface area contributed by atoms with Crippen molar-refractivity contribution in [1.29, 1.82) is 0 Å². The maximum Gasteiger partial charge on any atom is 0.337 e. The molecular weight excluding hydrogens is 388 g/mol. The highest BCUT2D eigenvalue weighted by atomic mass is 35.5. The number of hydrogen-bond acceptors (Lipinski definition) is 5. The predicted molar refractivity (Wildman–Crippen MR) is 105 cm³/mol. The largest absolute Gasteiger partial charge is 0.468 e. The molecule has 0 N–H and O–H groups in total. The van der Waals surface area contributed by atoms with Crippen LogP contribution in [0.3, 0.4) is 0 Å². The summed E-state index contributed by atoms with van der Waals surface area (Å²) in [6, 6.07) is 6.58. The highest BCUT2D eigenvalue weighted by Gasteiger charge is 2.25. The molecular formula is C19H17ClN2O4S. The smallest absolute Gasteiger partial charge is 0.337 e. The molecule has 0 saturated heterocycles. The number of benzene rings is 1. The fourth-order valence-corrected chi connectivity index (χ4v) is 5.10. The van der Waals surface area contributed by atoms with E-state index in [1.807, 2.05) is 0 Å². The Bertz CT molecular complexity index is 1170. The molecule has 2 aromatic heterocycles. The van der Waals surface area contributed by atoms with Gasteiger partial charge in [-0.3, -0.25) is 14.2 Å². The summed E-state index contributed by atoms with van der Waals surface area (Å²) in [6.07, 6.45) is 3.75. The highest BCUT2D eigenvalue weighted by Crippen LogP contribution is 2.34. The number of rotatable bonds is 3. The Kier molecular flexibility index (Phi) is 4.65. The summed E-state index contributed by atoms with van der Waals surface area (Å²) in [5.74, 6) is -0.541. The molecule has 0 amide bonds. The predicted octanol–water partition coefficient (Wildman–Crippen LogP) is 2.92. The lowest BCUT2D eigenvalue weighted by molar-refractivity contribution is -0.141. The highest BCUT2D eigenvalue weighted by molar-refractivity contribution is 7.18. The van der Waals surface area contributed by atoms with Crippen LogP contribution in [0.15, 0.2) is 33.9 Å². The second-order valence-corrected chi connectivity index (χ2v) is 7.98. The van der Waals surface area contributed by atoms with E-state index in [1.54, 1.807) is 24.3 Å². The van der Waals surface area contributed by atoms with Crippen LogP contribution in [0.1, 0.15) is 23.3 Å². The van der Waals surface area contributed by atoms with Crippen molar-refractivity contribution in [3.05, 3.63) is 60.6 Å². The van der Waals surface area contributed by atoms with E-state index in [-0.39, 0.29) is 12.1 Å². The van der Waals surface area contributed by atoms with Crippen LogP contribution >= 0.6 is 22.9 Å². The standard InChI is InChI=1S/C19H17ClN2O4S/c1-26-15(23)10-21-18-16(13-7-2-3-8-14(13)27-18)17(24)22(19(21)25)12-6-4-5-11(20)9-12/h4-6,9H,2-3,7-8,10H2,1H3. The molecule has 1 aromatic carbocycles. The van der Waals surface area contributed by atoms with Crippen molar-refractivity contribution in [3.8, 4) is 5.69 Å². The number of nitrogens with zero attached hydrogens (tertiary/aromatic N) is 2. The Labute approximate surface area is 163 Å². The first kappa shape index (κ1) is 18.0. The third-order valence-corrected chi connectivity index (χ3v) is 6.37. The van der Waals surface area contributed by atoms with Gasteiger partial charge >= 0.3 is 11.7 Å². The number of aromatic nitrogens is 2. The Balaban J connectivity index is 2.11. The number of methoxy groups -OCH3 is 1. The summed E-state index contributed by atoms with van der Waals surface area (Å²) < 4.78 is 7.19. The summed E-state index contributed by atoms with van der Waals surface area (Å²) in [5.41, 5.74) is 0.450. The van der Waals surface area contributed by atoms with Crippen molar-refractivity contribution in [2.24, 2.45) is 0 Å². The number of thiophene rings is 1. The molecule has 6 nitrogen and oxygen atoms in total. The molecule has 0 spiro atoms.